The largest absolute Gasteiger partial charge is 0.439 e. The van der Waals surface area contributed by atoms with Crippen molar-refractivity contribution in [3.8, 4) is 12.1 Å². The van der Waals surface area contributed by atoms with Crippen molar-refractivity contribution in [2.24, 2.45) is 5.73 Å². The Balaban J connectivity index is 2.27. The van der Waals surface area contributed by atoms with Crippen molar-refractivity contribution in [1.82, 2.24) is 0 Å². The summed E-state index contributed by atoms with van der Waals surface area (Å²) in [5, 5.41) is 19.7. The van der Waals surface area contributed by atoms with Gasteiger partial charge in [0.1, 0.15) is 11.6 Å². The highest BCUT2D eigenvalue weighted by atomic mass is 35.5. The molecule has 0 fully saturated rings. The minimum Gasteiger partial charge on any atom is -0.439 e. The summed E-state index contributed by atoms with van der Waals surface area (Å²) in [5.41, 5.74) is 7.81. The van der Waals surface area contributed by atoms with Crippen LogP contribution in [-0.4, -0.2) is 0 Å². The fourth-order valence-electron chi connectivity index (χ4n) is 2.70. The Morgan fingerprint density at radius 3 is 2.17 bits per heavy atom. The summed E-state index contributed by atoms with van der Waals surface area (Å²) in [5.74, 6) is -0.322. The van der Waals surface area contributed by atoms with Gasteiger partial charge in [-0.25, -0.2) is 0 Å². The highest BCUT2D eigenvalue weighted by Crippen LogP contribution is 2.43. The maximum Gasteiger partial charge on any atom is 0.205 e. The van der Waals surface area contributed by atoms with Crippen LogP contribution >= 0.6 is 11.6 Å². The van der Waals surface area contributed by atoms with E-state index in [4.69, 9.17) is 22.1 Å². The Kier molecular flexibility index (Phi) is 4.24. The maximum atomic E-state index is 9.74. The highest BCUT2D eigenvalue weighted by molar-refractivity contribution is 6.31. The summed E-state index contributed by atoms with van der Waals surface area (Å²) in [7, 11) is 0. The lowest BCUT2D eigenvalue weighted by molar-refractivity contribution is 0.357. The number of nitrogens with zero attached hydrogens (tertiary/aromatic N) is 2. The number of nitriles is 2. The fourth-order valence-corrected chi connectivity index (χ4v) is 2.94. The van der Waals surface area contributed by atoms with E-state index in [1.54, 1.807) is 24.3 Å². The summed E-state index contributed by atoms with van der Waals surface area (Å²) in [6, 6.07) is 20.5. The van der Waals surface area contributed by atoms with Crippen LogP contribution in [0.1, 0.15) is 17.0 Å². The molecule has 0 saturated heterocycles. The number of ether oxygens (including phenoxy) is 1. The zero-order valence-corrected chi connectivity index (χ0v) is 13.3. The van der Waals surface area contributed by atoms with Gasteiger partial charge in [0.2, 0.25) is 5.88 Å². The van der Waals surface area contributed by atoms with E-state index in [1.807, 2.05) is 30.3 Å². The molecule has 1 unspecified atom stereocenters. The molecule has 116 valence electrons. The molecule has 3 rings (SSSR count). The zero-order chi connectivity index (χ0) is 17.1. The van der Waals surface area contributed by atoms with Crippen molar-refractivity contribution < 1.29 is 4.74 Å². The third-order valence-electron chi connectivity index (χ3n) is 3.79. The van der Waals surface area contributed by atoms with Gasteiger partial charge in [-0.05, 0) is 11.6 Å². The lowest BCUT2D eigenvalue weighted by Gasteiger charge is -2.26. The van der Waals surface area contributed by atoms with Gasteiger partial charge in [0.05, 0.1) is 17.6 Å². The number of nitrogens with two attached hydrogens (primary N) is 1. The van der Waals surface area contributed by atoms with E-state index in [0.29, 0.717) is 27.5 Å². The molecule has 0 radical (unpaired) electrons. The molecule has 4 nitrogen and oxygen atoms in total. The number of rotatable bonds is 2. The highest BCUT2D eigenvalue weighted by Gasteiger charge is 2.34. The fraction of sp³-hybridized carbons (Fsp3) is 0.0526. The first-order valence-corrected chi connectivity index (χ1v) is 7.57. The Bertz CT molecular complexity index is 933. The average Bonchev–Trinajstić information content (AvgIpc) is 2.62. The Hall–Kier alpha value is -3.21. The first-order valence-electron chi connectivity index (χ1n) is 7.19. The Labute approximate surface area is 144 Å². The topological polar surface area (TPSA) is 82.8 Å². The average molecular weight is 334 g/mol. The molecule has 0 bridgehead atoms. The lowest BCUT2D eigenvalue weighted by Crippen LogP contribution is -2.20. The molecule has 1 aliphatic rings. The lowest BCUT2D eigenvalue weighted by atomic mass is 9.82. The van der Waals surface area contributed by atoms with Crippen molar-refractivity contribution in [2.75, 3.05) is 0 Å². The van der Waals surface area contributed by atoms with Gasteiger partial charge in [-0.15, -0.1) is 0 Å². The number of hydrogen-bond donors (Lipinski definition) is 1. The Morgan fingerprint density at radius 1 is 0.917 bits per heavy atom. The van der Waals surface area contributed by atoms with E-state index in [9.17, 15) is 10.5 Å². The van der Waals surface area contributed by atoms with Gasteiger partial charge in [0, 0.05) is 10.6 Å². The molecule has 0 aliphatic carbocycles. The van der Waals surface area contributed by atoms with Crippen molar-refractivity contribution in [3.05, 3.63) is 87.8 Å². The van der Waals surface area contributed by atoms with Gasteiger partial charge < -0.3 is 10.5 Å². The van der Waals surface area contributed by atoms with Crippen LogP contribution in [0, 0.1) is 22.7 Å². The van der Waals surface area contributed by atoms with Crippen LogP contribution in [0.4, 0.5) is 0 Å². The van der Waals surface area contributed by atoms with E-state index in [-0.39, 0.29) is 11.5 Å². The predicted octanol–water partition coefficient (Wildman–Crippen LogP) is 4.08. The SMILES string of the molecule is N#CC1=C(N)OC(c2ccccc2)=C(C#N)C1c1ccccc1Cl. The molecule has 1 aliphatic heterocycles. The first kappa shape index (κ1) is 15.7. The van der Waals surface area contributed by atoms with Crippen LogP contribution in [0.15, 0.2) is 71.6 Å². The van der Waals surface area contributed by atoms with E-state index < -0.39 is 5.92 Å². The minimum atomic E-state index is -0.655. The number of hydrogen-bond acceptors (Lipinski definition) is 4. The summed E-state index contributed by atoms with van der Waals surface area (Å²) in [6.45, 7) is 0. The van der Waals surface area contributed by atoms with Crippen molar-refractivity contribution in [3.63, 3.8) is 0 Å². The van der Waals surface area contributed by atoms with E-state index >= 15 is 0 Å². The molecule has 1 atom stereocenters. The van der Waals surface area contributed by atoms with E-state index in [1.165, 1.54) is 0 Å². The summed E-state index contributed by atoms with van der Waals surface area (Å²) < 4.78 is 5.62. The molecular weight excluding hydrogens is 322 g/mol. The van der Waals surface area contributed by atoms with Gasteiger partial charge in [0.25, 0.3) is 0 Å². The van der Waals surface area contributed by atoms with Crippen LogP contribution in [-0.2, 0) is 4.74 Å². The smallest absolute Gasteiger partial charge is 0.205 e. The first-order chi connectivity index (χ1) is 11.7. The molecule has 2 N–H and O–H groups in total. The second-order valence-corrected chi connectivity index (χ2v) is 5.57. The number of benzene rings is 2. The second kappa shape index (κ2) is 6.50. The molecule has 1 heterocycles. The summed E-state index contributed by atoms with van der Waals surface area (Å²) in [4.78, 5) is 0. The quantitative estimate of drug-likeness (QED) is 0.897. The van der Waals surface area contributed by atoms with Crippen LogP contribution in [0.2, 0.25) is 5.02 Å². The monoisotopic (exact) mass is 333 g/mol. The van der Waals surface area contributed by atoms with E-state index in [2.05, 4.69) is 12.1 Å². The normalized spacial score (nSPS) is 17.0. The number of allylic oxidation sites excluding steroid dienone is 2. The van der Waals surface area contributed by atoms with Gasteiger partial charge >= 0.3 is 0 Å². The van der Waals surface area contributed by atoms with Gasteiger partial charge in [-0.1, -0.05) is 60.1 Å². The molecule has 2 aromatic rings. The molecule has 5 heteroatoms. The third-order valence-corrected chi connectivity index (χ3v) is 4.14. The number of halogens is 1. The van der Waals surface area contributed by atoms with Crippen molar-refractivity contribution >= 4 is 17.4 Å². The predicted molar refractivity (Wildman–Crippen MR) is 91.1 cm³/mol. The molecule has 0 amide bonds. The van der Waals surface area contributed by atoms with Gasteiger partial charge in [-0.2, -0.15) is 10.5 Å². The van der Waals surface area contributed by atoms with Crippen LogP contribution in [0.3, 0.4) is 0 Å². The third kappa shape index (κ3) is 2.60. The molecule has 0 saturated carbocycles. The maximum absolute atomic E-state index is 9.74. The van der Waals surface area contributed by atoms with Crippen LogP contribution in [0.25, 0.3) is 5.76 Å². The molecule has 0 aromatic heterocycles. The van der Waals surface area contributed by atoms with Crippen LogP contribution in [0.5, 0.6) is 0 Å². The van der Waals surface area contributed by atoms with Crippen LogP contribution < -0.4 is 5.73 Å². The van der Waals surface area contributed by atoms with Gasteiger partial charge in [0.15, 0.2) is 5.76 Å². The molecular formula is C19H12ClN3O. The summed E-state index contributed by atoms with van der Waals surface area (Å²) >= 11 is 6.30. The van der Waals surface area contributed by atoms with Crippen molar-refractivity contribution in [1.29, 1.82) is 10.5 Å². The molecule has 0 spiro atoms. The Morgan fingerprint density at radius 2 is 1.54 bits per heavy atom. The van der Waals surface area contributed by atoms with E-state index in [0.717, 1.165) is 0 Å². The molecule has 24 heavy (non-hydrogen) atoms. The molecule has 2 aromatic carbocycles. The minimum absolute atomic E-state index is 0.0136. The summed E-state index contributed by atoms with van der Waals surface area (Å²) in [6.07, 6.45) is 0. The zero-order valence-electron chi connectivity index (χ0n) is 12.5. The van der Waals surface area contributed by atoms with Gasteiger partial charge in [-0.3, -0.25) is 0 Å². The second-order valence-electron chi connectivity index (χ2n) is 5.17. The van der Waals surface area contributed by atoms with Crippen molar-refractivity contribution in [2.45, 2.75) is 5.92 Å². The standard InChI is InChI=1S/C19H12ClN3O/c20-16-9-5-4-8-13(16)17-14(10-21)18(12-6-2-1-3-7-12)24-19(23)15(17)11-22/h1-9,17H,23H2.